The number of hydrogen-bond acceptors (Lipinski definition) is 1. The number of rotatable bonds is 2. The summed E-state index contributed by atoms with van der Waals surface area (Å²) in [6.07, 6.45) is 3.93. The van der Waals surface area contributed by atoms with Gasteiger partial charge in [0, 0.05) is 29.1 Å². The average Bonchev–Trinajstić information content (AvgIpc) is 2.38. The van der Waals surface area contributed by atoms with Crippen molar-refractivity contribution in [3.8, 4) is 0 Å². The third kappa shape index (κ3) is 2.33. The van der Waals surface area contributed by atoms with Crippen LogP contribution in [0.2, 0.25) is 0 Å². The van der Waals surface area contributed by atoms with Crippen molar-refractivity contribution < 1.29 is 5.11 Å². The lowest BCUT2D eigenvalue weighted by Gasteiger charge is -2.28. The fourth-order valence-electron chi connectivity index (χ4n) is 2.31. The Hall–Kier alpha value is -1.96. The Labute approximate surface area is 109 Å². The average molecular weight is 240 g/mol. The molecular weight excluding hydrogens is 222 g/mol. The molecule has 93 valence electrons. The van der Waals surface area contributed by atoms with E-state index in [2.05, 4.69) is 11.8 Å². The predicted octanol–water partition coefficient (Wildman–Crippen LogP) is 3.97. The quantitative estimate of drug-likeness (QED) is 0.717. The number of nitrogens with zero attached hydrogens (tertiary/aromatic N) is 1. The smallest absolute Gasteiger partial charge is 0.193 e. The molecule has 1 aromatic rings. The zero-order chi connectivity index (χ0) is 13.1. The monoisotopic (exact) mass is 240 g/mol. The molecule has 1 aromatic carbocycles. The molecule has 0 saturated carbocycles. The third-order valence-electron chi connectivity index (χ3n) is 3.19. The highest BCUT2D eigenvalue weighted by Crippen LogP contribution is 2.27. The van der Waals surface area contributed by atoms with Crippen molar-refractivity contribution in [1.29, 1.82) is 0 Å². The van der Waals surface area contributed by atoms with Gasteiger partial charge < -0.3 is 4.90 Å². The molecule has 0 bridgehead atoms. The lowest BCUT2D eigenvalue weighted by Crippen LogP contribution is -2.21. The van der Waals surface area contributed by atoms with E-state index in [1.165, 1.54) is 0 Å². The second-order valence-electron chi connectivity index (χ2n) is 4.47. The summed E-state index contributed by atoms with van der Waals surface area (Å²) in [5.41, 5.74) is 3.75. The summed E-state index contributed by atoms with van der Waals surface area (Å²) in [5.74, 6) is 0.0880. The molecule has 0 saturated heterocycles. The van der Waals surface area contributed by atoms with Crippen molar-refractivity contribution in [3.63, 3.8) is 0 Å². The van der Waals surface area contributed by atoms with E-state index in [1.807, 2.05) is 56.3 Å². The molecule has 0 unspecified atom stereocenters. The molecule has 2 nitrogen and oxygen atoms in total. The summed E-state index contributed by atoms with van der Waals surface area (Å²) in [6, 6.07) is 9.41. The lowest BCUT2D eigenvalue weighted by molar-refractivity contribution is 0.385. The van der Waals surface area contributed by atoms with Crippen molar-refractivity contribution in [2.24, 2.45) is 0 Å². The van der Waals surface area contributed by atoms with Gasteiger partial charge in [0.2, 0.25) is 0 Å². The molecular formula is C16H18NO. The van der Waals surface area contributed by atoms with Gasteiger partial charge in [-0.15, -0.1) is 0 Å². The van der Waals surface area contributed by atoms with Crippen LogP contribution in [0.3, 0.4) is 0 Å². The molecule has 0 amide bonds. The fraction of sp³-hybridized carbons (Fsp3) is 0.250. The molecule has 2 rings (SSSR count). The van der Waals surface area contributed by atoms with Crippen molar-refractivity contribution in [2.75, 3.05) is 6.54 Å². The van der Waals surface area contributed by atoms with Gasteiger partial charge in [0.05, 0.1) is 0 Å². The highest BCUT2D eigenvalue weighted by atomic mass is 16.3. The summed E-state index contributed by atoms with van der Waals surface area (Å²) in [5, 5.41) is 12.3. The molecule has 2 heteroatoms. The topological polar surface area (TPSA) is 23.1 Å². The number of allylic oxidation sites excluding steroid dienone is 5. The second kappa shape index (κ2) is 5.13. The standard InChI is InChI=1S/C16H18NO/c1-4-17-12(2)10-15(11-13(17)3)16(18)14-8-6-5-7-9-14/h5-11H,4H2,1-3H3. The minimum absolute atomic E-state index is 0.0880. The van der Waals surface area contributed by atoms with Crippen LogP contribution in [-0.2, 0) is 5.11 Å². The van der Waals surface area contributed by atoms with Crippen LogP contribution in [0.5, 0.6) is 0 Å². The van der Waals surface area contributed by atoms with Crippen molar-refractivity contribution >= 4 is 5.76 Å². The molecule has 0 aromatic heterocycles. The van der Waals surface area contributed by atoms with E-state index in [0.29, 0.717) is 0 Å². The highest BCUT2D eigenvalue weighted by molar-refractivity contribution is 5.68. The minimum Gasteiger partial charge on any atom is -0.349 e. The largest absolute Gasteiger partial charge is 0.349 e. The van der Waals surface area contributed by atoms with Gasteiger partial charge in [-0.2, -0.15) is 0 Å². The predicted molar refractivity (Wildman–Crippen MR) is 73.9 cm³/mol. The first-order valence-corrected chi connectivity index (χ1v) is 6.24. The van der Waals surface area contributed by atoms with E-state index in [1.54, 1.807) is 0 Å². The van der Waals surface area contributed by atoms with Crippen molar-refractivity contribution in [3.05, 3.63) is 65.0 Å². The Morgan fingerprint density at radius 3 is 2.11 bits per heavy atom. The highest BCUT2D eigenvalue weighted by Gasteiger charge is 2.15. The van der Waals surface area contributed by atoms with Crippen molar-refractivity contribution in [2.45, 2.75) is 20.8 Å². The summed E-state index contributed by atoms with van der Waals surface area (Å²) in [7, 11) is 0. The second-order valence-corrected chi connectivity index (χ2v) is 4.47. The van der Waals surface area contributed by atoms with Gasteiger partial charge in [0.1, 0.15) is 0 Å². The zero-order valence-electron chi connectivity index (χ0n) is 11.1. The third-order valence-corrected chi connectivity index (χ3v) is 3.19. The molecule has 18 heavy (non-hydrogen) atoms. The molecule has 0 aliphatic carbocycles. The molecule has 0 atom stereocenters. The Bertz CT molecular complexity index is 501. The summed E-state index contributed by atoms with van der Waals surface area (Å²) >= 11 is 0. The van der Waals surface area contributed by atoms with E-state index in [0.717, 1.165) is 29.1 Å². The van der Waals surface area contributed by atoms with Gasteiger partial charge in [-0.05, 0) is 32.9 Å². The van der Waals surface area contributed by atoms with E-state index < -0.39 is 0 Å². The first-order valence-electron chi connectivity index (χ1n) is 6.24. The summed E-state index contributed by atoms with van der Waals surface area (Å²) in [4.78, 5) is 2.20. The molecule has 0 N–H and O–H groups in total. The van der Waals surface area contributed by atoms with Crippen LogP contribution >= 0.6 is 0 Å². The van der Waals surface area contributed by atoms with E-state index in [9.17, 15) is 5.11 Å². The van der Waals surface area contributed by atoms with Crippen LogP contribution in [0.4, 0.5) is 0 Å². The van der Waals surface area contributed by atoms with Crippen molar-refractivity contribution in [1.82, 2.24) is 4.90 Å². The molecule has 1 radical (unpaired) electrons. The van der Waals surface area contributed by atoms with Crippen LogP contribution in [0, 0.1) is 0 Å². The fourth-order valence-corrected chi connectivity index (χ4v) is 2.31. The van der Waals surface area contributed by atoms with E-state index in [-0.39, 0.29) is 5.76 Å². The maximum Gasteiger partial charge on any atom is 0.193 e. The van der Waals surface area contributed by atoms with Crippen LogP contribution < -0.4 is 0 Å². The van der Waals surface area contributed by atoms with Crippen LogP contribution in [-0.4, -0.2) is 11.4 Å². The normalized spacial score (nSPS) is 15.3. The first-order chi connectivity index (χ1) is 8.63. The Kier molecular flexibility index (Phi) is 3.56. The van der Waals surface area contributed by atoms with Gasteiger partial charge >= 0.3 is 0 Å². The Morgan fingerprint density at radius 1 is 1.06 bits per heavy atom. The van der Waals surface area contributed by atoms with Crippen LogP contribution in [0.15, 0.2) is 59.5 Å². The van der Waals surface area contributed by atoms with Gasteiger partial charge in [-0.1, -0.05) is 30.3 Å². The summed E-state index contributed by atoms with van der Waals surface area (Å²) in [6.45, 7) is 7.12. The lowest BCUT2D eigenvalue weighted by atomic mass is 10.0. The van der Waals surface area contributed by atoms with Crippen LogP contribution in [0.25, 0.3) is 5.76 Å². The van der Waals surface area contributed by atoms with E-state index in [4.69, 9.17) is 0 Å². The van der Waals surface area contributed by atoms with Gasteiger partial charge in [0.25, 0.3) is 0 Å². The SMILES string of the molecule is CCN1C(C)=CC(=C([O])c2ccccc2)C=C1C. The van der Waals surface area contributed by atoms with Gasteiger partial charge in [-0.25, -0.2) is 0 Å². The first kappa shape index (κ1) is 12.5. The Morgan fingerprint density at radius 2 is 1.61 bits per heavy atom. The molecule has 0 spiro atoms. The molecule has 1 aliphatic heterocycles. The number of benzene rings is 1. The maximum absolute atomic E-state index is 12.3. The molecule has 1 heterocycles. The zero-order valence-corrected chi connectivity index (χ0v) is 11.1. The minimum atomic E-state index is 0.0880. The molecule has 1 aliphatic rings. The van der Waals surface area contributed by atoms with Gasteiger partial charge in [0.15, 0.2) is 5.76 Å². The summed E-state index contributed by atoms with van der Waals surface area (Å²) < 4.78 is 0. The molecule has 0 fully saturated rings. The van der Waals surface area contributed by atoms with Crippen LogP contribution in [0.1, 0.15) is 26.3 Å². The number of hydrogen-bond donors (Lipinski definition) is 0. The van der Waals surface area contributed by atoms with E-state index >= 15 is 0 Å². The maximum atomic E-state index is 12.3. The van der Waals surface area contributed by atoms with Gasteiger partial charge in [-0.3, -0.25) is 5.11 Å². The Balaban J connectivity index is 2.44.